The second-order valence-electron chi connectivity index (χ2n) is 14.3. The van der Waals surface area contributed by atoms with Crippen LogP contribution in [0.15, 0.2) is 74.9 Å². The molecule has 3 unspecified atom stereocenters. The summed E-state index contributed by atoms with van der Waals surface area (Å²) in [6.45, 7) is 12.3. The van der Waals surface area contributed by atoms with Gasteiger partial charge < -0.3 is 5.11 Å². The predicted molar refractivity (Wildman–Crippen MR) is 169 cm³/mol. The fourth-order valence-electron chi connectivity index (χ4n) is 8.77. The Morgan fingerprint density at radius 3 is 2.48 bits per heavy atom. The Kier molecular flexibility index (Phi) is 7.88. The molecule has 0 saturated heterocycles. The normalized spacial score (nSPS) is 31.8. The number of hydrogen-bond donors (Lipinski definition) is 1. The molecular weight excluding hydrogens is 522 g/mol. The highest BCUT2D eigenvalue weighted by molar-refractivity contribution is 5.35. The van der Waals surface area contributed by atoms with Crippen molar-refractivity contribution in [1.82, 2.24) is 13.9 Å². The van der Waals surface area contributed by atoms with Crippen molar-refractivity contribution in [3.05, 3.63) is 86.2 Å². The van der Waals surface area contributed by atoms with Crippen molar-refractivity contribution in [2.75, 3.05) is 0 Å². The lowest BCUT2D eigenvalue weighted by molar-refractivity contribution is 0.111. The average Bonchev–Trinajstić information content (AvgIpc) is 3.45. The van der Waals surface area contributed by atoms with E-state index in [1.54, 1.807) is 9.36 Å². The zero-order chi connectivity index (χ0) is 29.8. The Hall–Kier alpha value is -2.86. The van der Waals surface area contributed by atoms with Crippen LogP contribution < -0.4 is 11.4 Å². The third kappa shape index (κ3) is 4.94. The average molecular weight is 572 g/mol. The van der Waals surface area contributed by atoms with E-state index >= 15 is 0 Å². The topological polar surface area (TPSA) is 69.2 Å². The maximum atomic E-state index is 14.0. The summed E-state index contributed by atoms with van der Waals surface area (Å²) in [6, 6.07) is 8.94. The second kappa shape index (κ2) is 11.3. The van der Waals surface area contributed by atoms with Gasteiger partial charge in [0.25, 0.3) is 0 Å². The molecule has 0 radical (unpaired) electrons. The zero-order valence-electron chi connectivity index (χ0n) is 26.1. The number of aromatic nitrogens is 3. The van der Waals surface area contributed by atoms with Gasteiger partial charge in [0, 0.05) is 0 Å². The van der Waals surface area contributed by atoms with Crippen LogP contribution in [-0.2, 0) is 6.54 Å². The SMILES string of the molecule is CC(C)[C@@H](C)/C=C/[C@@H](C)C1CCC2/C(=C/[C@H]3C4=C(CC[C@H](O)C4)Cn4c(=O)n(-c5ccccc5)c(=O)n43)CCCC21C. The molecule has 6 rings (SSSR count). The number of benzene rings is 1. The summed E-state index contributed by atoms with van der Waals surface area (Å²) in [4.78, 5) is 27.8. The number of fused-ring (bicyclic) bond motifs is 2. The Bertz CT molecular complexity index is 1520. The predicted octanol–water partition coefficient (Wildman–Crippen LogP) is 6.82. The van der Waals surface area contributed by atoms with Crippen LogP contribution in [0.2, 0.25) is 0 Å². The van der Waals surface area contributed by atoms with Crippen LogP contribution in [0.1, 0.15) is 92.0 Å². The summed E-state index contributed by atoms with van der Waals surface area (Å²) in [5.41, 5.74) is 4.08. The van der Waals surface area contributed by atoms with Gasteiger partial charge in [0.05, 0.1) is 24.4 Å². The van der Waals surface area contributed by atoms with Crippen LogP contribution in [0.5, 0.6) is 0 Å². The second-order valence-corrected chi connectivity index (χ2v) is 14.3. The number of aliphatic hydroxyl groups is 1. The first kappa shape index (κ1) is 29.2. The van der Waals surface area contributed by atoms with Crippen molar-refractivity contribution in [2.24, 2.45) is 35.0 Å². The largest absolute Gasteiger partial charge is 0.393 e. The maximum Gasteiger partial charge on any atom is 0.352 e. The molecule has 3 aliphatic carbocycles. The van der Waals surface area contributed by atoms with E-state index in [4.69, 9.17) is 0 Å². The minimum atomic E-state index is -0.400. The van der Waals surface area contributed by atoms with Gasteiger partial charge in [-0.2, -0.15) is 0 Å². The van der Waals surface area contributed by atoms with Gasteiger partial charge in [0.2, 0.25) is 0 Å². The molecule has 0 spiro atoms. The monoisotopic (exact) mass is 571 g/mol. The van der Waals surface area contributed by atoms with Crippen molar-refractivity contribution >= 4 is 0 Å². The first-order valence-corrected chi connectivity index (χ1v) is 16.4. The third-order valence-electron chi connectivity index (χ3n) is 11.5. The number of allylic oxidation sites excluding steroid dienone is 5. The number of hydrogen-bond acceptors (Lipinski definition) is 3. The lowest BCUT2D eigenvalue weighted by Crippen LogP contribution is -2.39. The van der Waals surface area contributed by atoms with Crippen LogP contribution in [0.3, 0.4) is 0 Å². The van der Waals surface area contributed by atoms with Gasteiger partial charge in [-0.15, -0.1) is 0 Å². The first-order valence-electron chi connectivity index (χ1n) is 16.4. The lowest BCUT2D eigenvalue weighted by Gasteiger charge is -2.44. The van der Waals surface area contributed by atoms with Gasteiger partial charge in [0.15, 0.2) is 0 Å². The van der Waals surface area contributed by atoms with Crippen molar-refractivity contribution in [2.45, 2.75) is 105 Å². The first-order chi connectivity index (χ1) is 20.1. The molecule has 0 bridgehead atoms. The number of nitrogens with zero attached hydrogens (tertiary/aromatic N) is 3. The van der Waals surface area contributed by atoms with Gasteiger partial charge >= 0.3 is 11.4 Å². The molecule has 4 aliphatic rings. The number of rotatable bonds is 6. The Morgan fingerprint density at radius 2 is 1.74 bits per heavy atom. The highest BCUT2D eigenvalue weighted by Crippen LogP contribution is 2.60. The molecule has 1 aromatic heterocycles. The van der Waals surface area contributed by atoms with Crippen LogP contribution >= 0.6 is 0 Å². The van der Waals surface area contributed by atoms with E-state index in [-0.39, 0.29) is 22.8 Å². The molecule has 42 heavy (non-hydrogen) atoms. The van der Waals surface area contributed by atoms with Crippen LogP contribution in [0.4, 0.5) is 0 Å². The summed E-state index contributed by atoms with van der Waals surface area (Å²) < 4.78 is 4.69. The van der Waals surface area contributed by atoms with E-state index in [9.17, 15) is 14.7 Å². The fraction of sp³-hybridized carbons (Fsp3) is 0.611. The summed E-state index contributed by atoms with van der Waals surface area (Å²) in [6.07, 6.45) is 14.8. The zero-order valence-corrected chi connectivity index (χ0v) is 26.1. The molecule has 1 aromatic carbocycles. The van der Waals surface area contributed by atoms with E-state index in [1.807, 2.05) is 30.3 Å². The van der Waals surface area contributed by atoms with E-state index in [2.05, 4.69) is 52.8 Å². The molecule has 2 saturated carbocycles. The van der Waals surface area contributed by atoms with Gasteiger partial charge in [0.1, 0.15) is 0 Å². The van der Waals surface area contributed by atoms with Gasteiger partial charge in [-0.25, -0.2) is 23.5 Å². The molecule has 6 nitrogen and oxygen atoms in total. The van der Waals surface area contributed by atoms with E-state index in [0.717, 1.165) is 24.8 Å². The van der Waals surface area contributed by atoms with E-state index in [0.29, 0.717) is 54.7 Å². The molecule has 0 amide bonds. The van der Waals surface area contributed by atoms with Crippen molar-refractivity contribution in [3.8, 4) is 5.69 Å². The lowest BCUT2D eigenvalue weighted by atomic mass is 9.61. The van der Waals surface area contributed by atoms with Crippen LogP contribution in [0, 0.1) is 35.0 Å². The summed E-state index contributed by atoms with van der Waals surface area (Å²) in [5, 5.41) is 10.7. The van der Waals surface area contributed by atoms with Crippen LogP contribution in [0.25, 0.3) is 5.69 Å². The number of para-hydroxylation sites is 1. The number of aliphatic hydroxyl groups excluding tert-OH is 1. The van der Waals surface area contributed by atoms with Crippen LogP contribution in [-0.4, -0.2) is 25.1 Å². The molecule has 1 aliphatic heterocycles. The Balaban J connectivity index is 1.40. The Labute approximate surface area is 250 Å². The molecule has 6 heteroatoms. The van der Waals surface area contributed by atoms with Gasteiger partial charge in [-0.05, 0) is 110 Å². The minimum Gasteiger partial charge on any atom is -0.393 e. The molecule has 1 N–H and O–H groups in total. The molecule has 2 aromatic rings. The summed E-state index contributed by atoms with van der Waals surface area (Å²) in [5.74, 6) is 2.89. The van der Waals surface area contributed by atoms with Gasteiger partial charge in [-0.1, -0.05) is 76.6 Å². The quantitative estimate of drug-likeness (QED) is 0.387. The minimum absolute atomic E-state index is 0.230. The standard InChI is InChI=1S/C36H49N3O3/c1-23(2)24(3)13-14-25(4)31-17-18-32-26(10-9-19-36(31,32)5)20-33-30-21-29(40)16-15-27(30)22-37-34(41)38(35(42)39(33)37)28-11-7-6-8-12-28/h6-8,11-14,20,23-25,29,31-33,40H,9-10,15-19,21-22H2,1-5H3/b14-13+,26-20+/t24-,25+,29-,31?,32?,33-,36?/m0/s1. The maximum absolute atomic E-state index is 14.0. The molecular formula is C36H49N3O3. The van der Waals surface area contributed by atoms with Crippen molar-refractivity contribution in [1.29, 1.82) is 0 Å². The smallest absolute Gasteiger partial charge is 0.352 e. The molecule has 2 fully saturated rings. The molecule has 226 valence electrons. The Morgan fingerprint density at radius 1 is 0.976 bits per heavy atom. The molecule has 2 heterocycles. The third-order valence-corrected chi connectivity index (χ3v) is 11.5. The summed E-state index contributed by atoms with van der Waals surface area (Å²) in [7, 11) is 0. The van der Waals surface area contributed by atoms with Crippen molar-refractivity contribution in [3.63, 3.8) is 0 Å². The highest BCUT2D eigenvalue weighted by atomic mass is 16.3. The summed E-state index contributed by atoms with van der Waals surface area (Å²) >= 11 is 0. The van der Waals surface area contributed by atoms with Gasteiger partial charge in [-0.3, -0.25) is 0 Å². The fourth-order valence-corrected chi connectivity index (χ4v) is 8.77. The van der Waals surface area contributed by atoms with E-state index < -0.39 is 6.10 Å². The molecule has 7 atom stereocenters. The van der Waals surface area contributed by atoms with E-state index in [1.165, 1.54) is 35.0 Å². The van der Waals surface area contributed by atoms with Crippen molar-refractivity contribution < 1.29 is 5.11 Å². The highest BCUT2D eigenvalue weighted by Gasteiger charge is 2.50.